The molecule has 0 aliphatic carbocycles. The third-order valence-electron chi connectivity index (χ3n) is 9.55. The summed E-state index contributed by atoms with van der Waals surface area (Å²) in [6, 6.07) is 42.4. The molecule has 0 unspecified atom stereocenters. The molecule has 224 valence electrons. The third kappa shape index (κ3) is 3.79. The molecule has 0 spiro atoms. The standard InChI is InChI=1S/C42H30N4O/c1-42(2,3)33-21-25(23-43)20-26(24-44)40(33)46-36-18-16-27(45-34-13-7-4-10-28(34)29-11-5-8-14-35(29)45)22-32(36)39-37(46)19-17-31-30-12-6-9-15-38(30)47-41(31)39/h4-22,24,44H,1-3H3. The highest BCUT2D eigenvalue weighted by Gasteiger charge is 2.27. The minimum Gasteiger partial charge on any atom is -0.455 e. The highest BCUT2D eigenvalue weighted by Crippen LogP contribution is 2.44. The van der Waals surface area contributed by atoms with Crippen molar-refractivity contribution in [1.82, 2.24) is 9.13 Å². The van der Waals surface area contributed by atoms with Crippen LogP contribution in [0, 0.1) is 16.7 Å². The van der Waals surface area contributed by atoms with Crippen LogP contribution < -0.4 is 0 Å². The lowest BCUT2D eigenvalue weighted by Gasteiger charge is -2.26. The summed E-state index contributed by atoms with van der Waals surface area (Å²) in [6.45, 7) is 6.48. The van der Waals surface area contributed by atoms with Crippen LogP contribution in [0.25, 0.3) is 76.9 Å². The van der Waals surface area contributed by atoms with Crippen molar-refractivity contribution in [2.45, 2.75) is 26.2 Å². The Morgan fingerprint density at radius 3 is 1.98 bits per heavy atom. The molecule has 1 N–H and O–H groups in total. The zero-order chi connectivity index (χ0) is 32.0. The lowest BCUT2D eigenvalue weighted by Crippen LogP contribution is -2.17. The summed E-state index contributed by atoms with van der Waals surface area (Å²) >= 11 is 0. The van der Waals surface area contributed by atoms with Crippen molar-refractivity contribution >= 4 is 71.8 Å². The van der Waals surface area contributed by atoms with Gasteiger partial charge in [0.15, 0.2) is 0 Å². The molecule has 3 heterocycles. The Labute approximate surface area is 271 Å². The number of para-hydroxylation sites is 3. The van der Waals surface area contributed by atoms with E-state index in [-0.39, 0.29) is 5.41 Å². The van der Waals surface area contributed by atoms with Gasteiger partial charge in [0.05, 0.1) is 44.8 Å². The first kappa shape index (κ1) is 27.2. The Hall–Kier alpha value is -6.12. The highest BCUT2D eigenvalue weighted by molar-refractivity contribution is 6.24. The number of hydrogen-bond acceptors (Lipinski definition) is 3. The number of furan rings is 1. The second-order valence-electron chi connectivity index (χ2n) is 13.3. The van der Waals surface area contributed by atoms with E-state index < -0.39 is 0 Å². The van der Waals surface area contributed by atoms with E-state index in [0.717, 1.165) is 71.7 Å². The van der Waals surface area contributed by atoms with Gasteiger partial charge in [0, 0.05) is 44.4 Å². The van der Waals surface area contributed by atoms with Crippen LogP contribution in [0.5, 0.6) is 0 Å². The molecule has 0 bridgehead atoms. The van der Waals surface area contributed by atoms with Gasteiger partial charge in [-0.3, -0.25) is 0 Å². The van der Waals surface area contributed by atoms with Gasteiger partial charge in [0.25, 0.3) is 0 Å². The zero-order valence-corrected chi connectivity index (χ0v) is 26.3. The second-order valence-corrected chi connectivity index (χ2v) is 13.3. The van der Waals surface area contributed by atoms with Crippen molar-refractivity contribution < 1.29 is 4.42 Å². The molecule has 47 heavy (non-hydrogen) atoms. The normalized spacial score (nSPS) is 12.2. The molecule has 9 rings (SSSR count). The van der Waals surface area contributed by atoms with Crippen LogP contribution in [-0.2, 0) is 5.41 Å². The Morgan fingerprint density at radius 2 is 1.30 bits per heavy atom. The van der Waals surface area contributed by atoms with E-state index in [2.05, 4.69) is 121 Å². The molecule has 0 amide bonds. The average Bonchev–Trinajstić information content (AvgIpc) is 3.74. The summed E-state index contributed by atoms with van der Waals surface area (Å²) in [5, 5.41) is 25.1. The molecule has 9 aromatic rings. The molecule has 6 aromatic carbocycles. The quantitative estimate of drug-likeness (QED) is 0.203. The van der Waals surface area contributed by atoms with Crippen LogP contribution >= 0.6 is 0 Å². The lowest BCUT2D eigenvalue weighted by molar-refractivity contribution is 0.587. The molecule has 5 nitrogen and oxygen atoms in total. The fourth-order valence-corrected chi connectivity index (χ4v) is 7.51. The van der Waals surface area contributed by atoms with Gasteiger partial charge in [-0.25, -0.2) is 0 Å². The van der Waals surface area contributed by atoms with Crippen LogP contribution in [-0.4, -0.2) is 15.3 Å². The molecule has 0 atom stereocenters. The van der Waals surface area contributed by atoms with Crippen LogP contribution in [0.15, 0.2) is 120 Å². The monoisotopic (exact) mass is 606 g/mol. The van der Waals surface area contributed by atoms with E-state index in [1.165, 1.54) is 17.0 Å². The molecule has 0 fully saturated rings. The van der Waals surface area contributed by atoms with Crippen LogP contribution in [0.3, 0.4) is 0 Å². The van der Waals surface area contributed by atoms with E-state index >= 15 is 0 Å². The topological polar surface area (TPSA) is 70.6 Å². The summed E-state index contributed by atoms with van der Waals surface area (Å²) in [7, 11) is 0. The molecule has 3 aromatic heterocycles. The molecular weight excluding hydrogens is 576 g/mol. The largest absolute Gasteiger partial charge is 0.455 e. The van der Waals surface area contributed by atoms with E-state index in [1.807, 2.05) is 30.3 Å². The van der Waals surface area contributed by atoms with E-state index in [0.29, 0.717) is 11.1 Å². The Bertz CT molecular complexity index is 2760. The number of benzene rings is 6. The van der Waals surface area contributed by atoms with Crippen molar-refractivity contribution in [2.75, 3.05) is 0 Å². The lowest BCUT2D eigenvalue weighted by atomic mass is 9.83. The van der Waals surface area contributed by atoms with Crippen molar-refractivity contribution in [3.8, 4) is 17.4 Å². The summed E-state index contributed by atoms with van der Waals surface area (Å²) in [4.78, 5) is 0. The van der Waals surface area contributed by atoms with Crippen LogP contribution in [0.4, 0.5) is 0 Å². The van der Waals surface area contributed by atoms with Crippen molar-refractivity contribution in [1.29, 1.82) is 10.7 Å². The number of hydrogen-bond donors (Lipinski definition) is 1. The molecule has 0 aliphatic heterocycles. The predicted octanol–water partition coefficient (Wildman–Crippen LogP) is 10.9. The summed E-state index contributed by atoms with van der Waals surface area (Å²) in [6.07, 6.45) is 1.37. The molecule has 0 radical (unpaired) electrons. The number of aromatic nitrogens is 2. The SMILES string of the molecule is CC(C)(C)c1cc(C#N)cc(C=N)c1-n1c2ccc(-n3c4ccccc4c4ccccc43)cc2c2c3oc4ccccc4c3ccc21. The highest BCUT2D eigenvalue weighted by atomic mass is 16.3. The minimum atomic E-state index is -0.296. The first-order chi connectivity index (χ1) is 22.9. The number of nitrogens with zero attached hydrogens (tertiary/aromatic N) is 3. The Morgan fingerprint density at radius 1 is 0.660 bits per heavy atom. The number of fused-ring (bicyclic) bond motifs is 10. The van der Waals surface area contributed by atoms with E-state index in [1.54, 1.807) is 0 Å². The van der Waals surface area contributed by atoms with Gasteiger partial charge in [0.1, 0.15) is 11.2 Å². The second kappa shape index (κ2) is 9.69. The van der Waals surface area contributed by atoms with Gasteiger partial charge in [0.2, 0.25) is 0 Å². The first-order valence-corrected chi connectivity index (χ1v) is 15.8. The van der Waals surface area contributed by atoms with Crippen LogP contribution in [0.2, 0.25) is 0 Å². The van der Waals surface area contributed by atoms with Crippen molar-refractivity contribution in [2.24, 2.45) is 0 Å². The maximum Gasteiger partial charge on any atom is 0.145 e. The smallest absolute Gasteiger partial charge is 0.145 e. The van der Waals surface area contributed by atoms with Gasteiger partial charge in [-0.2, -0.15) is 5.26 Å². The number of nitrogens with one attached hydrogen (secondary N) is 1. The predicted molar refractivity (Wildman–Crippen MR) is 194 cm³/mol. The molecule has 0 saturated heterocycles. The van der Waals surface area contributed by atoms with Crippen molar-refractivity contribution in [3.05, 3.63) is 132 Å². The van der Waals surface area contributed by atoms with Gasteiger partial charge in [-0.1, -0.05) is 75.4 Å². The van der Waals surface area contributed by atoms with Gasteiger partial charge in [-0.15, -0.1) is 0 Å². The van der Waals surface area contributed by atoms with Crippen LogP contribution in [0.1, 0.15) is 37.5 Å². The summed E-state index contributed by atoms with van der Waals surface area (Å²) < 4.78 is 11.3. The third-order valence-corrected chi connectivity index (χ3v) is 9.55. The molecule has 0 saturated carbocycles. The summed E-state index contributed by atoms with van der Waals surface area (Å²) in [5.41, 5.74) is 9.92. The number of rotatable bonds is 3. The Balaban J connectivity index is 1.48. The van der Waals surface area contributed by atoms with Gasteiger partial charge < -0.3 is 19.0 Å². The maximum atomic E-state index is 9.93. The fraction of sp³-hybridized carbons (Fsp3) is 0.0952. The fourth-order valence-electron chi connectivity index (χ4n) is 7.51. The Kier molecular flexibility index (Phi) is 5.61. The van der Waals surface area contributed by atoms with E-state index in [4.69, 9.17) is 9.83 Å². The average molecular weight is 607 g/mol. The molecule has 0 aliphatic rings. The molecule has 5 heteroatoms. The van der Waals surface area contributed by atoms with Gasteiger partial charge in [-0.05, 0) is 71.6 Å². The van der Waals surface area contributed by atoms with Crippen molar-refractivity contribution in [3.63, 3.8) is 0 Å². The minimum absolute atomic E-state index is 0.296. The number of nitriles is 1. The van der Waals surface area contributed by atoms with E-state index in [9.17, 15) is 5.26 Å². The maximum absolute atomic E-state index is 9.93. The first-order valence-electron chi connectivity index (χ1n) is 15.8. The zero-order valence-electron chi connectivity index (χ0n) is 26.3. The van der Waals surface area contributed by atoms with Gasteiger partial charge >= 0.3 is 0 Å². The molecular formula is C42H30N4O. The summed E-state index contributed by atoms with van der Waals surface area (Å²) in [5.74, 6) is 0.